The van der Waals surface area contributed by atoms with Crippen LogP contribution in [0.4, 0.5) is 10.5 Å². The van der Waals surface area contributed by atoms with Crippen molar-refractivity contribution in [3.8, 4) is 17.6 Å². The van der Waals surface area contributed by atoms with Crippen molar-refractivity contribution in [2.24, 2.45) is 0 Å². The molecule has 0 spiro atoms. The number of nitrogens with zero attached hydrogens (tertiary/aromatic N) is 4. The number of para-hydroxylation sites is 1. The van der Waals surface area contributed by atoms with E-state index in [0.29, 0.717) is 55.4 Å². The highest BCUT2D eigenvalue weighted by molar-refractivity contribution is 8.18. The average Bonchev–Trinajstić information content (AvgIpc) is 3.28. The first-order valence-corrected chi connectivity index (χ1v) is 14.5. The number of piperazine rings is 1. The molecule has 0 bridgehead atoms. The Labute approximate surface area is 248 Å². The van der Waals surface area contributed by atoms with Crippen LogP contribution in [0, 0.1) is 11.3 Å². The zero-order chi connectivity index (χ0) is 29.5. The lowest BCUT2D eigenvalue weighted by Gasteiger charge is -2.36. The Morgan fingerprint density at radius 1 is 0.952 bits per heavy atom. The third-order valence-corrected chi connectivity index (χ3v) is 7.91. The maximum Gasteiger partial charge on any atom is 0.294 e. The molecule has 214 valence electrons. The minimum atomic E-state index is -0.493. The van der Waals surface area contributed by atoms with Gasteiger partial charge in [0.15, 0.2) is 11.5 Å². The topological polar surface area (TPSA) is 103 Å². The van der Waals surface area contributed by atoms with Crippen molar-refractivity contribution in [3.63, 3.8) is 0 Å². The summed E-state index contributed by atoms with van der Waals surface area (Å²) in [6, 6.07) is 24.6. The number of rotatable bonds is 9. The van der Waals surface area contributed by atoms with Crippen molar-refractivity contribution in [3.05, 3.63) is 94.4 Å². The number of amides is 3. The smallest absolute Gasteiger partial charge is 0.294 e. The van der Waals surface area contributed by atoms with E-state index < -0.39 is 11.1 Å². The van der Waals surface area contributed by atoms with Crippen LogP contribution in [0.3, 0.4) is 0 Å². The van der Waals surface area contributed by atoms with Crippen LogP contribution in [0.5, 0.6) is 11.5 Å². The molecule has 10 heteroatoms. The van der Waals surface area contributed by atoms with Gasteiger partial charge >= 0.3 is 0 Å². The van der Waals surface area contributed by atoms with Crippen LogP contribution in [0.1, 0.15) is 23.6 Å². The third kappa shape index (κ3) is 6.58. The summed E-state index contributed by atoms with van der Waals surface area (Å²) < 4.78 is 11.7. The fourth-order valence-corrected chi connectivity index (χ4v) is 5.63. The van der Waals surface area contributed by atoms with E-state index in [9.17, 15) is 19.6 Å². The highest BCUT2D eigenvalue weighted by Gasteiger charge is 2.37. The molecule has 42 heavy (non-hydrogen) atoms. The van der Waals surface area contributed by atoms with Gasteiger partial charge in [0.2, 0.25) is 5.91 Å². The molecule has 0 aliphatic carbocycles. The first-order chi connectivity index (χ1) is 20.5. The van der Waals surface area contributed by atoms with E-state index >= 15 is 0 Å². The van der Waals surface area contributed by atoms with E-state index in [4.69, 9.17) is 9.47 Å². The minimum Gasteiger partial charge on any atom is -0.490 e. The van der Waals surface area contributed by atoms with Crippen LogP contribution in [-0.4, -0.2) is 66.2 Å². The largest absolute Gasteiger partial charge is 0.490 e. The summed E-state index contributed by atoms with van der Waals surface area (Å²) in [4.78, 5) is 44.0. The Balaban J connectivity index is 1.22. The second-order valence-electron chi connectivity index (χ2n) is 9.67. The van der Waals surface area contributed by atoms with Crippen molar-refractivity contribution in [1.82, 2.24) is 9.80 Å². The summed E-state index contributed by atoms with van der Waals surface area (Å²) in [5, 5.41) is 8.86. The molecule has 9 nitrogen and oxygen atoms in total. The van der Waals surface area contributed by atoms with Gasteiger partial charge in [-0.2, -0.15) is 5.26 Å². The van der Waals surface area contributed by atoms with Crippen molar-refractivity contribution >= 4 is 40.6 Å². The predicted molar refractivity (Wildman–Crippen MR) is 161 cm³/mol. The van der Waals surface area contributed by atoms with Crippen LogP contribution in [0.2, 0.25) is 0 Å². The fraction of sp³-hybridized carbons (Fsp3) is 0.250. The molecule has 2 aliphatic heterocycles. The Bertz CT molecular complexity index is 1540. The molecule has 3 aromatic carbocycles. The lowest BCUT2D eigenvalue weighted by Crippen LogP contribution is -2.51. The van der Waals surface area contributed by atoms with E-state index in [1.807, 2.05) is 49.4 Å². The first kappa shape index (κ1) is 28.8. The SMILES string of the molecule is CCOc1cc(/C=C2/SC(=O)N(CC(=O)N3CCN(c4ccccc4)CC3)C2=O)ccc1OCc1ccccc1C#N. The summed E-state index contributed by atoms with van der Waals surface area (Å²) in [5.74, 6) is 0.231. The lowest BCUT2D eigenvalue weighted by atomic mass is 10.1. The summed E-state index contributed by atoms with van der Waals surface area (Å²) in [7, 11) is 0. The highest BCUT2D eigenvalue weighted by Crippen LogP contribution is 2.35. The van der Waals surface area contributed by atoms with Gasteiger partial charge in [0.1, 0.15) is 13.2 Å². The maximum absolute atomic E-state index is 13.1. The molecule has 2 fully saturated rings. The second kappa shape index (κ2) is 13.3. The van der Waals surface area contributed by atoms with Gasteiger partial charge in [0.25, 0.3) is 11.1 Å². The number of benzene rings is 3. The number of nitriles is 1. The van der Waals surface area contributed by atoms with Gasteiger partial charge < -0.3 is 19.3 Å². The number of carbonyl (C=O) groups excluding carboxylic acids is 3. The summed E-state index contributed by atoms with van der Waals surface area (Å²) >= 11 is 0.815. The molecular formula is C32H30N4O5S. The molecule has 2 heterocycles. The fourth-order valence-electron chi connectivity index (χ4n) is 4.79. The monoisotopic (exact) mass is 582 g/mol. The summed E-state index contributed by atoms with van der Waals surface area (Å²) in [5.41, 5.74) is 3.05. The average molecular weight is 583 g/mol. The lowest BCUT2D eigenvalue weighted by molar-refractivity contribution is -0.136. The Kier molecular flexibility index (Phi) is 9.09. The Morgan fingerprint density at radius 2 is 1.69 bits per heavy atom. The van der Waals surface area contributed by atoms with Gasteiger partial charge in [-0.3, -0.25) is 19.3 Å². The van der Waals surface area contributed by atoms with Crippen LogP contribution >= 0.6 is 11.8 Å². The number of carbonyl (C=O) groups is 3. The van der Waals surface area contributed by atoms with E-state index in [0.717, 1.165) is 27.9 Å². The molecule has 0 N–H and O–H groups in total. The maximum atomic E-state index is 13.1. The molecule has 3 aromatic rings. The molecule has 2 aliphatic rings. The molecule has 2 saturated heterocycles. The molecule has 5 rings (SSSR count). The number of anilines is 1. The van der Waals surface area contributed by atoms with Gasteiger partial charge in [-0.1, -0.05) is 42.5 Å². The molecular weight excluding hydrogens is 552 g/mol. The minimum absolute atomic E-state index is 0.192. The quantitative estimate of drug-likeness (QED) is 0.328. The van der Waals surface area contributed by atoms with Gasteiger partial charge in [-0.15, -0.1) is 0 Å². The number of ether oxygens (including phenoxy) is 2. The zero-order valence-corrected chi connectivity index (χ0v) is 24.0. The molecule has 0 unspecified atom stereocenters. The van der Waals surface area contributed by atoms with Crippen LogP contribution < -0.4 is 14.4 Å². The van der Waals surface area contributed by atoms with Crippen LogP contribution in [-0.2, 0) is 16.2 Å². The zero-order valence-electron chi connectivity index (χ0n) is 23.2. The predicted octanol–water partition coefficient (Wildman–Crippen LogP) is 4.92. The van der Waals surface area contributed by atoms with Crippen molar-refractivity contribution < 1.29 is 23.9 Å². The molecule has 0 atom stereocenters. The van der Waals surface area contributed by atoms with Crippen LogP contribution in [0.15, 0.2) is 77.7 Å². The van der Waals surface area contributed by atoms with Crippen molar-refractivity contribution in [2.45, 2.75) is 13.5 Å². The van der Waals surface area contributed by atoms with E-state index in [2.05, 4.69) is 11.0 Å². The van der Waals surface area contributed by atoms with E-state index in [1.165, 1.54) is 0 Å². The second-order valence-corrected chi connectivity index (χ2v) is 10.7. The van der Waals surface area contributed by atoms with Crippen molar-refractivity contribution in [2.75, 3.05) is 44.2 Å². The van der Waals surface area contributed by atoms with Crippen LogP contribution in [0.25, 0.3) is 6.08 Å². The normalized spacial score (nSPS) is 16.1. The van der Waals surface area contributed by atoms with Gasteiger partial charge in [0, 0.05) is 37.4 Å². The third-order valence-electron chi connectivity index (χ3n) is 7.01. The van der Waals surface area contributed by atoms with Gasteiger partial charge in [-0.25, -0.2) is 0 Å². The van der Waals surface area contributed by atoms with E-state index in [-0.39, 0.29) is 24.0 Å². The highest BCUT2D eigenvalue weighted by atomic mass is 32.2. The number of imide groups is 1. The number of hydrogen-bond donors (Lipinski definition) is 0. The van der Waals surface area contributed by atoms with Gasteiger partial charge in [0.05, 0.1) is 23.1 Å². The number of hydrogen-bond acceptors (Lipinski definition) is 8. The summed E-state index contributed by atoms with van der Waals surface area (Å²) in [6.07, 6.45) is 1.62. The van der Waals surface area contributed by atoms with Gasteiger partial charge in [-0.05, 0) is 60.7 Å². The first-order valence-electron chi connectivity index (χ1n) is 13.7. The standard InChI is InChI=1S/C32H30N4O5S/c1-2-40-28-18-23(12-13-27(28)41-22-25-9-7-6-8-24(25)20-33)19-29-31(38)36(32(39)42-29)21-30(37)35-16-14-34(15-17-35)26-10-4-3-5-11-26/h3-13,18-19H,2,14-17,21-22H2,1H3/b29-19+. The Hall–Kier alpha value is -4.75. The van der Waals surface area contributed by atoms with E-state index in [1.54, 1.807) is 41.3 Å². The molecule has 3 amide bonds. The molecule has 0 aromatic heterocycles. The Morgan fingerprint density at radius 3 is 2.43 bits per heavy atom. The summed E-state index contributed by atoms with van der Waals surface area (Å²) in [6.45, 7) is 4.57. The van der Waals surface area contributed by atoms with Crippen molar-refractivity contribution in [1.29, 1.82) is 5.26 Å². The number of thioether (sulfide) groups is 1. The molecule has 0 saturated carbocycles. The molecule has 0 radical (unpaired) electrons.